The molecule has 0 heterocycles. The number of nitrogens with zero attached hydrogens (tertiary/aromatic N) is 1. The van der Waals surface area contributed by atoms with Gasteiger partial charge in [-0.2, -0.15) is 0 Å². The minimum atomic E-state index is -0.669. The maximum atomic E-state index is 13.3. The largest absolute Gasteiger partial charge is 0.483 e. The number of rotatable bonds is 8. The summed E-state index contributed by atoms with van der Waals surface area (Å²) in [6, 6.07) is 9.46. The van der Waals surface area contributed by atoms with Crippen LogP contribution in [0, 0.1) is 26.6 Å². The van der Waals surface area contributed by atoms with Crippen molar-refractivity contribution in [3.8, 4) is 5.75 Å². The number of halogens is 1. The Morgan fingerprint density at radius 2 is 1.78 bits per heavy atom. The summed E-state index contributed by atoms with van der Waals surface area (Å²) in [7, 11) is 0. The molecule has 1 saturated carbocycles. The van der Waals surface area contributed by atoms with E-state index in [2.05, 4.69) is 11.4 Å². The molecule has 32 heavy (non-hydrogen) atoms. The Hall–Kier alpha value is -2.89. The van der Waals surface area contributed by atoms with E-state index in [1.165, 1.54) is 17.0 Å². The minimum absolute atomic E-state index is 0.168. The van der Waals surface area contributed by atoms with Crippen molar-refractivity contribution in [1.82, 2.24) is 10.2 Å². The molecule has 1 aliphatic carbocycles. The summed E-state index contributed by atoms with van der Waals surface area (Å²) < 4.78 is 19.2. The summed E-state index contributed by atoms with van der Waals surface area (Å²) in [5, 5.41) is 3.07. The number of ether oxygens (including phenoxy) is 1. The zero-order valence-corrected chi connectivity index (χ0v) is 19.4. The number of nitrogens with one attached hydrogen (secondary N) is 1. The molecular weight excluding hydrogens is 407 g/mol. The Kier molecular flexibility index (Phi) is 7.89. The third-order valence-corrected chi connectivity index (χ3v) is 6.25. The summed E-state index contributed by atoms with van der Waals surface area (Å²) in [4.78, 5) is 27.6. The standard InChI is InChI=1S/C26H33FN2O3/c1-17-13-18(2)19(3)24(14-17)32-16-25(30)29(15-21-9-11-22(27)12-10-21)20(4)26(31)28-23-7-5-6-8-23/h9-14,20,23H,5-8,15-16H2,1-4H3,(H,28,31)/t20-/m0/s1. The summed E-state index contributed by atoms with van der Waals surface area (Å²) in [6.45, 7) is 7.71. The van der Waals surface area contributed by atoms with Gasteiger partial charge in [-0.05, 0) is 81.0 Å². The monoisotopic (exact) mass is 440 g/mol. The van der Waals surface area contributed by atoms with E-state index in [0.29, 0.717) is 5.75 Å². The topological polar surface area (TPSA) is 58.6 Å². The third-order valence-electron chi connectivity index (χ3n) is 6.25. The highest BCUT2D eigenvalue weighted by Crippen LogP contribution is 2.24. The van der Waals surface area contributed by atoms with Crippen LogP contribution in [-0.4, -0.2) is 35.4 Å². The molecule has 1 atom stereocenters. The van der Waals surface area contributed by atoms with Gasteiger partial charge in [-0.15, -0.1) is 0 Å². The molecule has 0 bridgehead atoms. The van der Waals surface area contributed by atoms with E-state index >= 15 is 0 Å². The second-order valence-electron chi connectivity index (χ2n) is 8.81. The van der Waals surface area contributed by atoms with Crippen LogP contribution in [0.4, 0.5) is 4.39 Å². The molecule has 1 aliphatic rings. The number of carbonyl (C=O) groups is 2. The van der Waals surface area contributed by atoms with Gasteiger partial charge in [0.25, 0.3) is 5.91 Å². The van der Waals surface area contributed by atoms with E-state index in [-0.39, 0.29) is 36.8 Å². The van der Waals surface area contributed by atoms with Gasteiger partial charge in [0.05, 0.1) is 0 Å². The number of aryl methyl sites for hydroxylation is 2. The van der Waals surface area contributed by atoms with Crippen molar-refractivity contribution < 1.29 is 18.7 Å². The Balaban J connectivity index is 1.74. The van der Waals surface area contributed by atoms with E-state index in [4.69, 9.17) is 4.74 Å². The number of carbonyl (C=O) groups excluding carboxylic acids is 2. The molecule has 2 amide bonds. The molecule has 0 unspecified atom stereocenters. The zero-order chi connectivity index (χ0) is 23.3. The third kappa shape index (κ3) is 6.09. The summed E-state index contributed by atoms with van der Waals surface area (Å²) in [5.41, 5.74) is 3.89. The summed E-state index contributed by atoms with van der Waals surface area (Å²) >= 11 is 0. The van der Waals surface area contributed by atoms with Gasteiger partial charge in [-0.3, -0.25) is 9.59 Å². The quantitative estimate of drug-likeness (QED) is 0.652. The normalized spacial score (nSPS) is 14.8. The molecule has 0 radical (unpaired) electrons. The highest BCUT2D eigenvalue weighted by Gasteiger charge is 2.29. The molecule has 0 spiro atoms. The lowest BCUT2D eigenvalue weighted by atomic mass is 10.1. The molecule has 0 saturated heterocycles. The van der Waals surface area contributed by atoms with E-state index in [1.54, 1.807) is 19.1 Å². The molecule has 0 aromatic heterocycles. The lowest BCUT2D eigenvalue weighted by Crippen LogP contribution is -2.50. The van der Waals surface area contributed by atoms with Gasteiger partial charge in [0, 0.05) is 12.6 Å². The molecule has 6 heteroatoms. The van der Waals surface area contributed by atoms with Crippen molar-refractivity contribution in [3.05, 3.63) is 64.5 Å². The average Bonchev–Trinajstić information content (AvgIpc) is 3.27. The molecule has 1 N–H and O–H groups in total. The van der Waals surface area contributed by atoms with Gasteiger partial charge in [0.1, 0.15) is 17.6 Å². The van der Waals surface area contributed by atoms with E-state index in [0.717, 1.165) is 47.9 Å². The van der Waals surface area contributed by atoms with Crippen LogP contribution in [-0.2, 0) is 16.1 Å². The van der Waals surface area contributed by atoms with Crippen LogP contribution >= 0.6 is 0 Å². The number of amides is 2. The van der Waals surface area contributed by atoms with Crippen LogP contribution in [0.1, 0.15) is 54.9 Å². The minimum Gasteiger partial charge on any atom is -0.483 e. The first-order chi connectivity index (χ1) is 15.2. The molecule has 1 fully saturated rings. The smallest absolute Gasteiger partial charge is 0.261 e. The number of benzene rings is 2. The fraction of sp³-hybridized carbons (Fsp3) is 0.462. The van der Waals surface area contributed by atoms with Gasteiger partial charge >= 0.3 is 0 Å². The zero-order valence-electron chi connectivity index (χ0n) is 19.4. The van der Waals surface area contributed by atoms with Crippen molar-refractivity contribution in [2.75, 3.05) is 6.61 Å². The molecule has 2 aromatic carbocycles. The van der Waals surface area contributed by atoms with Crippen molar-refractivity contribution in [2.24, 2.45) is 0 Å². The molecule has 2 aromatic rings. The fourth-order valence-corrected chi connectivity index (χ4v) is 4.13. The van der Waals surface area contributed by atoms with Crippen molar-refractivity contribution in [3.63, 3.8) is 0 Å². The Morgan fingerprint density at radius 1 is 1.12 bits per heavy atom. The van der Waals surface area contributed by atoms with Crippen molar-refractivity contribution in [2.45, 2.75) is 72.0 Å². The van der Waals surface area contributed by atoms with Gasteiger partial charge in [-0.25, -0.2) is 4.39 Å². The molecule has 3 rings (SSSR count). The van der Waals surface area contributed by atoms with Crippen LogP contribution in [0.5, 0.6) is 5.75 Å². The fourth-order valence-electron chi connectivity index (χ4n) is 4.13. The lowest BCUT2D eigenvalue weighted by Gasteiger charge is -2.30. The Labute approximate surface area is 190 Å². The lowest BCUT2D eigenvalue weighted by molar-refractivity contribution is -0.142. The number of hydrogen-bond donors (Lipinski definition) is 1. The second-order valence-corrected chi connectivity index (χ2v) is 8.81. The predicted molar refractivity (Wildman–Crippen MR) is 123 cm³/mol. The van der Waals surface area contributed by atoms with E-state index < -0.39 is 6.04 Å². The average molecular weight is 441 g/mol. The van der Waals surface area contributed by atoms with Crippen LogP contribution in [0.15, 0.2) is 36.4 Å². The first-order valence-corrected chi connectivity index (χ1v) is 11.3. The molecule has 5 nitrogen and oxygen atoms in total. The van der Waals surface area contributed by atoms with Crippen molar-refractivity contribution >= 4 is 11.8 Å². The van der Waals surface area contributed by atoms with Crippen LogP contribution < -0.4 is 10.1 Å². The predicted octanol–water partition coefficient (Wildman–Crippen LogP) is 4.61. The summed E-state index contributed by atoms with van der Waals surface area (Å²) in [6.07, 6.45) is 4.17. The SMILES string of the molecule is Cc1cc(C)c(C)c(OCC(=O)N(Cc2ccc(F)cc2)[C@@H](C)C(=O)NC2CCCC2)c1. The van der Waals surface area contributed by atoms with Crippen LogP contribution in [0.3, 0.4) is 0 Å². The molecule has 0 aliphatic heterocycles. The Bertz CT molecular complexity index is 952. The van der Waals surface area contributed by atoms with Gasteiger partial charge in [-0.1, -0.05) is 31.0 Å². The Morgan fingerprint density at radius 3 is 2.44 bits per heavy atom. The van der Waals surface area contributed by atoms with Gasteiger partial charge in [0.15, 0.2) is 6.61 Å². The first kappa shape index (κ1) is 23.8. The maximum Gasteiger partial charge on any atom is 0.261 e. The molecule has 172 valence electrons. The van der Waals surface area contributed by atoms with Gasteiger partial charge in [0.2, 0.25) is 5.91 Å². The van der Waals surface area contributed by atoms with Crippen molar-refractivity contribution in [1.29, 1.82) is 0 Å². The van der Waals surface area contributed by atoms with E-state index in [1.807, 2.05) is 26.8 Å². The summed E-state index contributed by atoms with van der Waals surface area (Å²) in [5.74, 6) is -0.134. The van der Waals surface area contributed by atoms with Crippen LogP contribution in [0.25, 0.3) is 0 Å². The number of hydrogen-bond acceptors (Lipinski definition) is 3. The highest BCUT2D eigenvalue weighted by atomic mass is 19.1. The van der Waals surface area contributed by atoms with Gasteiger partial charge < -0.3 is 15.0 Å². The molecular formula is C26H33FN2O3. The second kappa shape index (κ2) is 10.6. The highest BCUT2D eigenvalue weighted by molar-refractivity contribution is 5.88. The van der Waals surface area contributed by atoms with Crippen LogP contribution in [0.2, 0.25) is 0 Å². The maximum absolute atomic E-state index is 13.3. The first-order valence-electron chi connectivity index (χ1n) is 11.3. The van der Waals surface area contributed by atoms with E-state index in [9.17, 15) is 14.0 Å².